The van der Waals surface area contributed by atoms with Crippen molar-refractivity contribution in [2.75, 3.05) is 19.1 Å². The van der Waals surface area contributed by atoms with Crippen molar-refractivity contribution in [1.82, 2.24) is 9.80 Å². The summed E-state index contributed by atoms with van der Waals surface area (Å²) in [5.41, 5.74) is 2.64. The normalized spacial score (nSPS) is 34.0. The van der Waals surface area contributed by atoms with E-state index < -0.39 is 0 Å². The summed E-state index contributed by atoms with van der Waals surface area (Å²) in [6, 6.07) is 9.03. The third-order valence-corrected chi connectivity index (χ3v) is 5.62. The molecule has 0 bridgehead atoms. The molecule has 0 aromatic heterocycles. The Balaban J connectivity index is 1.75. The third-order valence-electron chi connectivity index (χ3n) is 5.62. The Bertz CT molecular complexity index is 683. The molecule has 2 heterocycles. The fourth-order valence-electron chi connectivity index (χ4n) is 4.75. The van der Waals surface area contributed by atoms with Gasteiger partial charge in [-0.25, -0.2) is 10.0 Å². The molecule has 2 aliphatic heterocycles. The maximum atomic E-state index is 7.11. The maximum Gasteiger partial charge on any atom is 0.129 e. The first-order valence-corrected chi connectivity index (χ1v) is 8.03. The fourth-order valence-corrected chi connectivity index (χ4v) is 4.75. The average Bonchev–Trinajstić information content (AvgIpc) is 2.93. The van der Waals surface area contributed by atoms with Crippen LogP contribution in [0.3, 0.4) is 0 Å². The van der Waals surface area contributed by atoms with Crippen molar-refractivity contribution < 1.29 is 0 Å². The molecule has 4 rings (SSSR count). The minimum absolute atomic E-state index is 0.256. The van der Waals surface area contributed by atoms with Gasteiger partial charge >= 0.3 is 0 Å². The van der Waals surface area contributed by atoms with Crippen LogP contribution in [-0.4, -0.2) is 55.1 Å². The Labute approximate surface area is 136 Å². The van der Waals surface area contributed by atoms with Gasteiger partial charge in [0, 0.05) is 26.1 Å². The molecule has 0 spiro atoms. The summed E-state index contributed by atoms with van der Waals surface area (Å²) in [4.78, 5) is 8.36. The molecule has 1 N–H and O–H groups in total. The molecule has 0 amide bonds. The van der Waals surface area contributed by atoms with Gasteiger partial charge in [0.1, 0.15) is 18.8 Å². The van der Waals surface area contributed by atoms with E-state index in [9.17, 15) is 0 Å². The molecule has 0 radical (unpaired) electrons. The highest BCUT2D eigenvalue weighted by molar-refractivity contribution is 5.71. The van der Waals surface area contributed by atoms with E-state index in [4.69, 9.17) is 5.41 Å². The van der Waals surface area contributed by atoms with Gasteiger partial charge in [-0.2, -0.15) is 5.10 Å². The first kappa shape index (κ1) is 14.2. The fraction of sp³-hybridized carbons (Fsp3) is 0.471. The zero-order valence-corrected chi connectivity index (χ0v) is 13.7. The largest absolute Gasteiger partial charge is 0.362 e. The minimum atomic E-state index is 0.256. The first-order valence-electron chi connectivity index (χ1n) is 8.03. The number of fused-ring (bicyclic) bond motifs is 6. The van der Waals surface area contributed by atoms with Crippen LogP contribution in [0.2, 0.25) is 0 Å². The van der Waals surface area contributed by atoms with Crippen molar-refractivity contribution in [3.05, 3.63) is 29.8 Å². The molecular weight excluding hydrogens is 288 g/mol. The summed E-state index contributed by atoms with van der Waals surface area (Å²) in [6.07, 6.45) is 5.04. The summed E-state index contributed by atoms with van der Waals surface area (Å²) in [7, 11) is 4.16. The lowest BCUT2D eigenvalue weighted by Gasteiger charge is -2.60. The highest BCUT2D eigenvalue weighted by Crippen LogP contribution is 2.58. The van der Waals surface area contributed by atoms with E-state index in [0.29, 0.717) is 23.8 Å². The van der Waals surface area contributed by atoms with Gasteiger partial charge in [0.15, 0.2) is 0 Å². The van der Waals surface area contributed by atoms with Gasteiger partial charge in [-0.1, -0.05) is 25.1 Å². The predicted molar refractivity (Wildman–Crippen MR) is 93.2 cm³/mol. The van der Waals surface area contributed by atoms with Crippen molar-refractivity contribution in [3.8, 4) is 0 Å². The lowest BCUT2D eigenvalue weighted by molar-refractivity contribution is -0.0125. The van der Waals surface area contributed by atoms with E-state index in [1.54, 1.807) is 6.34 Å². The molecule has 1 aromatic carbocycles. The molecule has 5 atom stereocenters. The third kappa shape index (κ3) is 1.84. The number of hydrogen-bond donors (Lipinski definition) is 1. The van der Waals surface area contributed by atoms with E-state index >= 15 is 0 Å². The summed E-state index contributed by atoms with van der Waals surface area (Å²) in [5.74, 6) is 1.55. The molecule has 1 fully saturated rings. The molecule has 1 saturated carbocycles. The van der Waals surface area contributed by atoms with Gasteiger partial charge in [0.25, 0.3) is 0 Å². The van der Waals surface area contributed by atoms with Crippen molar-refractivity contribution in [2.45, 2.75) is 25.0 Å². The highest BCUT2D eigenvalue weighted by Gasteiger charge is 2.59. The number of rotatable bonds is 3. The number of benzene rings is 1. The standard InChI is InChI=1S/C17H22N6/c1-11-14-12-6-4-5-7-13(12)23-17(22(3)10-20-23)15(14)16(11)21(2)9-19-8-18/h4-11,14-18H,1-3H3/b18-8?,19-9-. The molecule has 3 aliphatic rings. The van der Waals surface area contributed by atoms with Crippen molar-refractivity contribution in [2.24, 2.45) is 21.9 Å². The maximum absolute atomic E-state index is 7.11. The highest BCUT2D eigenvalue weighted by atomic mass is 15.6. The van der Waals surface area contributed by atoms with Crippen LogP contribution < -0.4 is 5.01 Å². The van der Waals surface area contributed by atoms with E-state index in [-0.39, 0.29) is 6.17 Å². The Morgan fingerprint density at radius 3 is 2.91 bits per heavy atom. The number of aliphatic imine (C=N–C) groups is 1. The van der Waals surface area contributed by atoms with E-state index in [1.165, 1.54) is 11.3 Å². The lowest BCUT2D eigenvalue weighted by atomic mass is 9.55. The Morgan fingerprint density at radius 1 is 1.35 bits per heavy atom. The van der Waals surface area contributed by atoms with Crippen LogP contribution in [0.4, 0.5) is 5.69 Å². The van der Waals surface area contributed by atoms with Crippen LogP contribution in [0.25, 0.3) is 0 Å². The van der Waals surface area contributed by atoms with Crippen molar-refractivity contribution in [1.29, 1.82) is 5.41 Å². The molecule has 0 saturated heterocycles. The molecule has 1 aliphatic carbocycles. The topological polar surface area (TPSA) is 58.3 Å². The zero-order valence-electron chi connectivity index (χ0n) is 13.7. The summed E-state index contributed by atoms with van der Waals surface area (Å²) in [5, 5.41) is 13.9. The van der Waals surface area contributed by atoms with Crippen molar-refractivity contribution >= 4 is 24.7 Å². The van der Waals surface area contributed by atoms with Gasteiger partial charge in [0.2, 0.25) is 0 Å². The lowest BCUT2D eigenvalue weighted by Crippen LogP contribution is -2.66. The molecule has 5 unspecified atom stereocenters. The van der Waals surface area contributed by atoms with Crippen LogP contribution in [-0.2, 0) is 0 Å². The van der Waals surface area contributed by atoms with Gasteiger partial charge in [0.05, 0.1) is 12.0 Å². The molecule has 6 nitrogen and oxygen atoms in total. The Hall–Kier alpha value is -2.37. The second kappa shape index (κ2) is 5.08. The number of hydrazone groups is 1. The van der Waals surface area contributed by atoms with Crippen LogP contribution in [0.15, 0.2) is 34.4 Å². The molecule has 23 heavy (non-hydrogen) atoms. The number of nitrogens with one attached hydrogen (secondary N) is 1. The minimum Gasteiger partial charge on any atom is -0.362 e. The van der Waals surface area contributed by atoms with Gasteiger partial charge in [-0.3, -0.25) is 5.41 Å². The van der Waals surface area contributed by atoms with Gasteiger partial charge < -0.3 is 9.80 Å². The summed E-state index contributed by atoms with van der Waals surface area (Å²) in [6.45, 7) is 2.32. The van der Waals surface area contributed by atoms with E-state index in [1.807, 2.05) is 6.34 Å². The monoisotopic (exact) mass is 310 g/mol. The Morgan fingerprint density at radius 2 is 2.13 bits per heavy atom. The van der Waals surface area contributed by atoms with E-state index in [0.717, 1.165) is 6.34 Å². The SMILES string of the molecule is CC1C2c3ccccc3N3N=CN(C)C3C2C1N(C)/C=N\C=N. The molecular formula is C17H22N6. The predicted octanol–water partition coefficient (Wildman–Crippen LogP) is 2.01. The quantitative estimate of drug-likeness (QED) is 0.686. The van der Waals surface area contributed by atoms with Gasteiger partial charge in [-0.15, -0.1) is 0 Å². The van der Waals surface area contributed by atoms with Crippen molar-refractivity contribution in [3.63, 3.8) is 0 Å². The first-order chi connectivity index (χ1) is 11.1. The van der Waals surface area contributed by atoms with Crippen LogP contribution in [0.5, 0.6) is 0 Å². The van der Waals surface area contributed by atoms with Gasteiger partial charge in [-0.05, 0) is 23.5 Å². The average molecular weight is 310 g/mol. The van der Waals surface area contributed by atoms with Crippen LogP contribution >= 0.6 is 0 Å². The summed E-state index contributed by atoms with van der Waals surface area (Å²) >= 11 is 0. The van der Waals surface area contributed by atoms with Crippen LogP contribution in [0, 0.1) is 17.2 Å². The van der Waals surface area contributed by atoms with E-state index in [2.05, 4.69) is 70.2 Å². The Kier molecular flexibility index (Phi) is 3.14. The number of nitrogens with zero attached hydrogens (tertiary/aromatic N) is 5. The van der Waals surface area contributed by atoms with Crippen LogP contribution in [0.1, 0.15) is 18.4 Å². The second-order valence-corrected chi connectivity index (χ2v) is 6.73. The number of anilines is 1. The molecule has 6 heteroatoms. The number of hydrogen-bond acceptors (Lipinski definition) is 4. The zero-order chi connectivity index (χ0) is 16.1. The summed E-state index contributed by atoms with van der Waals surface area (Å²) < 4.78 is 0. The molecule has 1 aromatic rings. The second-order valence-electron chi connectivity index (χ2n) is 6.73. The number of para-hydroxylation sites is 1. The molecule has 120 valence electrons. The smallest absolute Gasteiger partial charge is 0.129 e.